The first-order valence-corrected chi connectivity index (χ1v) is 3.73. The predicted molar refractivity (Wildman–Crippen MR) is 42.8 cm³/mol. The van der Waals surface area contributed by atoms with Crippen LogP contribution in [0.2, 0.25) is 0 Å². The highest BCUT2D eigenvalue weighted by molar-refractivity contribution is 14.1. The first-order chi connectivity index (χ1) is 4.74. The van der Waals surface area contributed by atoms with Crippen molar-refractivity contribution in [2.75, 3.05) is 0 Å². The number of rotatable bonds is 1. The lowest BCUT2D eigenvalue weighted by atomic mass is 10.3. The first kappa shape index (κ1) is 7.87. The Morgan fingerprint density at radius 3 is 2.80 bits per heavy atom. The number of aromatic nitrogens is 1. The smallest absolute Gasteiger partial charge is 0.219 e. The highest BCUT2D eigenvalue weighted by Crippen LogP contribution is 2.07. The van der Waals surface area contributed by atoms with E-state index in [1.54, 1.807) is 6.07 Å². The van der Waals surface area contributed by atoms with Crippen molar-refractivity contribution in [3.05, 3.63) is 27.3 Å². The molecule has 1 rings (SSSR count). The number of hydrogen-bond acceptors (Lipinski definition) is 2. The Kier molecular flexibility index (Phi) is 2.56. The molecule has 0 unspecified atom stereocenters. The van der Waals surface area contributed by atoms with E-state index in [0.717, 1.165) is 0 Å². The van der Waals surface area contributed by atoms with Crippen LogP contribution in [0.25, 0.3) is 0 Å². The minimum atomic E-state index is -0.589. The van der Waals surface area contributed by atoms with Crippen molar-refractivity contribution in [3.63, 3.8) is 0 Å². The average Bonchev–Trinajstić information content (AvgIpc) is 1.88. The second kappa shape index (κ2) is 3.25. The summed E-state index contributed by atoms with van der Waals surface area (Å²) in [5, 5.41) is 8.53. The van der Waals surface area contributed by atoms with Gasteiger partial charge in [0.05, 0.1) is 6.61 Å². The fraction of sp³-hybridized carbons (Fsp3) is 0.167. The zero-order valence-electron chi connectivity index (χ0n) is 5.01. The number of aliphatic hydroxyl groups excluding tert-OH is 1. The van der Waals surface area contributed by atoms with Gasteiger partial charge in [0.15, 0.2) is 0 Å². The van der Waals surface area contributed by atoms with Crippen molar-refractivity contribution in [1.29, 1.82) is 0 Å². The summed E-state index contributed by atoms with van der Waals surface area (Å²) < 4.78 is 13.2. The fourth-order valence-corrected chi connectivity index (χ4v) is 0.950. The van der Waals surface area contributed by atoms with Crippen LogP contribution in [-0.4, -0.2) is 10.1 Å². The van der Waals surface area contributed by atoms with Crippen molar-refractivity contribution in [2.24, 2.45) is 0 Å². The summed E-state index contributed by atoms with van der Waals surface area (Å²) in [6.45, 7) is -0.296. The van der Waals surface area contributed by atoms with E-state index >= 15 is 0 Å². The largest absolute Gasteiger partial charge is 0.392 e. The van der Waals surface area contributed by atoms with Gasteiger partial charge in [-0.2, -0.15) is 4.39 Å². The summed E-state index contributed by atoms with van der Waals surface area (Å²) in [4.78, 5) is 3.50. The monoisotopic (exact) mass is 253 g/mol. The van der Waals surface area contributed by atoms with E-state index in [2.05, 4.69) is 4.98 Å². The molecule has 10 heavy (non-hydrogen) atoms. The molecule has 0 spiro atoms. The maximum Gasteiger partial charge on any atom is 0.219 e. The van der Waals surface area contributed by atoms with Crippen LogP contribution in [-0.2, 0) is 6.61 Å². The molecule has 0 atom stereocenters. The lowest BCUT2D eigenvalue weighted by Crippen LogP contribution is -1.94. The van der Waals surface area contributed by atoms with Gasteiger partial charge in [0.25, 0.3) is 0 Å². The summed E-state index contributed by atoms with van der Waals surface area (Å²) in [7, 11) is 0. The molecular weight excluding hydrogens is 248 g/mol. The summed E-state index contributed by atoms with van der Waals surface area (Å²) in [6, 6.07) is 3.17. The summed E-state index contributed by atoms with van der Waals surface area (Å²) in [6.07, 6.45) is 0. The van der Waals surface area contributed by atoms with Gasteiger partial charge in [-0.25, -0.2) is 4.98 Å². The number of pyridine rings is 1. The van der Waals surface area contributed by atoms with Gasteiger partial charge < -0.3 is 5.11 Å². The molecule has 0 radical (unpaired) electrons. The number of halogens is 2. The third-order valence-corrected chi connectivity index (χ3v) is 1.66. The van der Waals surface area contributed by atoms with Gasteiger partial charge in [0.2, 0.25) is 5.95 Å². The van der Waals surface area contributed by atoms with Gasteiger partial charge in [0.1, 0.15) is 3.70 Å². The summed E-state index contributed by atoms with van der Waals surface area (Å²) >= 11 is 1.91. The SMILES string of the molecule is OCc1ccc(I)nc1F. The van der Waals surface area contributed by atoms with Crippen LogP contribution >= 0.6 is 22.6 Å². The van der Waals surface area contributed by atoms with E-state index in [-0.39, 0.29) is 12.2 Å². The highest BCUT2D eigenvalue weighted by Gasteiger charge is 2.00. The molecule has 1 N–H and O–H groups in total. The number of nitrogens with zero attached hydrogens (tertiary/aromatic N) is 1. The highest BCUT2D eigenvalue weighted by atomic mass is 127. The molecule has 1 heterocycles. The zero-order valence-corrected chi connectivity index (χ0v) is 7.17. The van der Waals surface area contributed by atoms with E-state index in [9.17, 15) is 4.39 Å². The van der Waals surface area contributed by atoms with Crippen molar-refractivity contribution < 1.29 is 9.50 Å². The molecule has 4 heteroatoms. The molecule has 0 amide bonds. The summed E-state index contributed by atoms with van der Waals surface area (Å²) in [5.41, 5.74) is 0.236. The molecule has 0 aliphatic rings. The van der Waals surface area contributed by atoms with Gasteiger partial charge in [-0.15, -0.1) is 0 Å². The van der Waals surface area contributed by atoms with Crippen molar-refractivity contribution >= 4 is 22.6 Å². The Morgan fingerprint density at radius 1 is 1.60 bits per heavy atom. The second-order valence-electron chi connectivity index (χ2n) is 1.74. The lowest BCUT2D eigenvalue weighted by molar-refractivity contribution is 0.274. The van der Waals surface area contributed by atoms with E-state index in [1.165, 1.54) is 6.07 Å². The van der Waals surface area contributed by atoms with Gasteiger partial charge in [-0.1, -0.05) is 0 Å². The quantitative estimate of drug-likeness (QED) is 0.604. The normalized spacial score (nSPS) is 9.90. The van der Waals surface area contributed by atoms with Gasteiger partial charge in [0, 0.05) is 5.56 Å². The molecule has 0 aliphatic carbocycles. The van der Waals surface area contributed by atoms with E-state index in [1.807, 2.05) is 22.6 Å². The molecule has 1 aromatic rings. The van der Waals surface area contributed by atoms with Crippen molar-refractivity contribution in [2.45, 2.75) is 6.61 Å². The van der Waals surface area contributed by atoms with E-state index < -0.39 is 5.95 Å². The maximum atomic E-state index is 12.6. The Morgan fingerprint density at radius 2 is 2.30 bits per heavy atom. The van der Waals surface area contributed by atoms with E-state index in [4.69, 9.17) is 5.11 Å². The second-order valence-corrected chi connectivity index (χ2v) is 2.85. The first-order valence-electron chi connectivity index (χ1n) is 2.66. The molecule has 0 saturated carbocycles. The van der Waals surface area contributed by atoms with Crippen LogP contribution in [0.4, 0.5) is 4.39 Å². The van der Waals surface area contributed by atoms with Crippen LogP contribution in [0.3, 0.4) is 0 Å². The van der Waals surface area contributed by atoms with Crippen LogP contribution in [0.5, 0.6) is 0 Å². The minimum Gasteiger partial charge on any atom is -0.392 e. The van der Waals surface area contributed by atoms with E-state index in [0.29, 0.717) is 3.70 Å². The standard InChI is InChI=1S/C6H5FINO/c7-6-4(3-10)1-2-5(8)9-6/h1-2,10H,3H2. The molecule has 0 saturated heterocycles. The predicted octanol–water partition coefficient (Wildman–Crippen LogP) is 1.32. The Labute approximate surface area is 71.2 Å². The topological polar surface area (TPSA) is 33.1 Å². The minimum absolute atomic E-state index is 0.236. The Balaban J connectivity index is 3.07. The molecule has 1 aromatic heterocycles. The van der Waals surface area contributed by atoms with Crippen molar-refractivity contribution in [1.82, 2.24) is 4.98 Å². The maximum absolute atomic E-state index is 12.6. The van der Waals surface area contributed by atoms with Crippen LogP contribution in [0, 0.1) is 9.65 Å². The molecule has 0 bridgehead atoms. The lowest BCUT2D eigenvalue weighted by Gasteiger charge is -1.96. The fourth-order valence-electron chi connectivity index (χ4n) is 0.559. The van der Waals surface area contributed by atoms with Gasteiger partial charge in [-0.3, -0.25) is 0 Å². The molecular formula is C6H5FINO. The van der Waals surface area contributed by atoms with Crippen LogP contribution < -0.4 is 0 Å². The molecule has 0 fully saturated rings. The number of hydrogen-bond donors (Lipinski definition) is 1. The molecule has 54 valence electrons. The van der Waals surface area contributed by atoms with Crippen LogP contribution in [0.1, 0.15) is 5.56 Å². The Hall–Kier alpha value is -0.230. The van der Waals surface area contributed by atoms with Crippen LogP contribution in [0.15, 0.2) is 12.1 Å². The third-order valence-electron chi connectivity index (χ3n) is 1.06. The van der Waals surface area contributed by atoms with Crippen molar-refractivity contribution in [3.8, 4) is 0 Å². The molecule has 0 aromatic carbocycles. The zero-order chi connectivity index (χ0) is 7.56. The third kappa shape index (κ3) is 1.63. The Bertz CT molecular complexity index is 241. The molecule has 2 nitrogen and oxygen atoms in total. The van der Waals surface area contributed by atoms with Gasteiger partial charge >= 0.3 is 0 Å². The average molecular weight is 253 g/mol. The molecule has 0 aliphatic heterocycles. The number of aliphatic hydroxyl groups is 1. The summed E-state index contributed by atoms with van der Waals surface area (Å²) in [5.74, 6) is -0.589. The van der Waals surface area contributed by atoms with Gasteiger partial charge in [-0.05, 0) is 34.7 Å².